The number of esters is 3. The SMILES string of the molecule is CC/C=C\C/C=C\C/C=C\C/C=C\C/C=C\C/C=C\CCCCCCCCCCC(=O)OCC(COC(=O)CCCCCCC/C=C\CCCCCC)OC(=O)CCCCCCCC/C=C\C/C=C\C/C=C\C/C=C\C/C=C\C/C=C\CC. The molecule has 468 valence electrons. The molecular weight excluding hydrogens is 1020 g/mol. The molecule has 0 saturated heterocycles. The topological polar surface area (TPSA) is 78.9 Å². The molecule has 1 atom stereocenters. The van der Waals surface area contributed by atoms with Crippen LogP contribution in [0, 0.1) is 0 Å². The van der Waals surface area contributed by atoms with Crippen molar-refractivity contribution >= 4 is 17.9 Å². The van der Waals surface area contributed by atoms with Crippen LogP contribution < -0.4 is 0 Å². The molecule has 1 unspecified atom stereocenters. The second-order valence-corrected chi connectivity index (χ2v) is 22.0. The van der Waals surface area contributed by atoms with Crippen LogP contribution in [0.1, 0.15) is 290 Å². The molecule has 6 heteroatoms. The number of ether oxygens (including phenoxy) is 3. The van der Waals surface area contributed by atoms with Crippen LogP contribution in [0.4, 0.5) is 0 Å². The van der Waals surface area contributed by atoms with Gasteiger partial charge >= 0.3 is 17.9 Å². The van der Waals surface area contributed by atoms with Gasteiger partial charge in [-0.25, -0.2) is 0 Å². The average molecular weight is 1150 g/mol. The lowest BCUT2D eigenvalue weighted by molar-refractivity contribution is -0.167. The second-order valence-electron chi connectivity index (χ2n) is 22.0. The fourth-order valence-electron chi connectivity index (χ4n) is 8.97. The second kappa shape index (κ2) is 69.5. The van der Waals surface area contributed by atoms with Gasteiger partial charge in [0.2, 0.25) is 0 Å². The van der Waals surface area contributed by atoms with Gasteiger partial charge in [0.05, 0.1) is 0 Å². The Balaban J connectivity index is 4.40. The summed E-state index contributed by atoms with van der Waals surface area (Å²) in [6.07, 6.45) is 101. The summed E-state index contributed by atoms with van der Waals surface area (Å²) < 4.78 is 16.9. The molecule has 83 heavy (non-hydrogen) atoms. The highest BCUT2D eigenvalue weighted by Crippen LogP contribution is 2.15. The third kappa shape index (κ3) is 67.7. The van der Waals surface area contributed by atoms with Gasteiger partial charge in [0, 0.05) is 19.3 Å². The maximum absolute atomic E-state index is 12.9. The van der Waals surface area contributed by atoms with Crippen LogP contribution in [0.5, 0.6) is 0 Å². The van der Waals surface area contributed by atoms with Crippen molar-refractivity contribution in [3.8, 4) is 0 Å². The summed E-state index contributed by atoms with van der Waals surface area (Å²) in [5.41, 5.74) is 0. The van der Waals surface area contributed by atoms with Crippen molar-refractivity contribution in [3.05, 3.63) is 158 Å². The molecule has 0 fully saturated rings. The van der Waals surface area contributed by atoms with Crippen molar-refractivity contribution < 1.29 is 28.6 Å². The van der Waals surface area contributed by atoms with Gasteiger partial charge in [-0.3, -0.25) is 14.4 Å². The van der Waals surface area contributed by atoms with Crippen LogP contribution in [0.2, 0.25) is 0 Å². The van der Waals surface area contributed by atoms with Crippen LogP contribution >= 0.6 is 0 Å². The molecule has 0 aliphatic heterocycles. The third-order valence-electron chi connectivity index (χ3n) is 14.0. The quantitative estimate of drug-likeness (QED) is 0.0261. The number of hydrogen-bond donors (Lipinski definition) is 0. The minimum absolute atomic E-state index is 0.0964. The lowest BCUT2D eigenvalue weighted by Crippen LogP contribution is -2.30. The Morgan fingerprint density at radius 1 is 0.253 bits per heavy atom. The van der Waals surface area contributed by atoms with Crippen molar-refractivity contribution in [1.82, 2.24) is 0 Å². The lowest BCUT2D eigenvalue weighted by atomic mass is 10.1. The molecule has 0 rings (SSSR count). The summed E-state index contributed by atoms with van der Waals surface area (Å²) in [6, 6.07) is 0. The Morgan fingerprint density at radius 3 is 0.747 bits per heavy atom. The lowest BCUT2D eigenvalue weighted by Gasteiger charge is -2.18. The standard InChI is InChI=1S/C77H124O6/c1-4-7-10-13-16-19-22-25-27-29-31-33-35-37-38-40-41-43-45-47-49-52-55-58-61-64-67-70-76(79)82-73-74(72-81-75(78)69-66-63-60-57-54-51-24-21-18-15-12-9-6-3)83-77(80)71-68-65-62-59-56-53-50-48-46-44-42-39-36-34-32-30-28-26-23-20-17-14-11-8-5-2/h7-8,10-11,16-17,19-21,24-28,31-34,37-39,41-43,46,48,74H,4-6,9,12-15,18,22-23,29-30,35-36,40,44-45,47,49-73H2,1-3H3/b10-7-,11-8-,19-16-,20-17-,24-21-,27-25-,28-26-,33-31-,34-32-,38-37-,42-39-,43-41-,48-46-. The number of hydrogen-bond acceptors (Lipinski definition) is 6. The minimum atomic E-state index is -0.802. The van der Waals surface area contributed by atoms with Gasteiger partial charge in [-0.2, -0.15) is 0 Å². The molecule has 0 radical (unpaired) electrons. The molecule has 0 spiro atoms. The molecule has 6 nitrogen and oxygen atoms in total. The first kappa shape index (κ1) is 78.0. The Hall–Kier alpha value is -4.97. The van der Waals surface area contributed by atoms with Crippen molar-refractivity contribution in [2.45, 2.75) is 297 Å². The number of carbonyl (C=O) groups is 3. The van der Waals surface area contributed by atoms with Crippen LogP contribution in [-0.4, -0.2) is 37.2 Å². The summed E-state index contributed by atoms with van der Waals surface area (Å²) >= 11 is 0. The fourth-order valence-corrected chi connectivity index (χ4v) is 8.97. The van der Waals surface area contributed by atoms with E-state index in [1.807, 2.05) is 0 Å². The molecule has 0 bridgehead atoms. The zero-order valence-corrected chi connectivity index (χ0v) is 53.7. The van der Waals surface area contributed by atoms with Crippen LogP contribution in [0.3, 0.4) is 0 Å². The van der Waals surface area contributed by atoms with Gasteiger partial charge in [0.1, 0.15) is 13.2 Å². The number of carbonyl (C=O) groups excluding carboxylic acids is 3. The van der Waals surface area contributed by atoms with Crippen molar-refractivity contribution in [2.75, 3.05) is 13.2 Å². The summed E-state index contributed by atoms with van der Waals surface area (Å²) in [6.45, 7) is 6.38. The largest absolute Gasteiger partial charge is 0.462 e. The molecule has 0 N–H and O–H groups in total. The number of allylic oxidation sites excluding steroid dienone is 26. The van der Waals surface area contributed by atoms with E-state index < -0.39 is 6.10 Å². The molecule has 0 aromatic heterocycles. The Labute approximate surface area is 511 Å². The molecule has 0 aliphatic rings. The fraction of sp³-hybridized carbons (Fsp3) is 0.623. The normalized spacial score (nSPS) is 13.1. The summed E-state index contributed by atoms with van der Waals surface area (Å²) in [7, 11) is 0. The Bertz CT molecular complexity index is 1840. The predicted octanol–water partition coefficient (Wildman–Crippen LogP) is 23.7. The van der Waals surface area contributed by atoms with Gasteiger partial charge in [0.25, 0.3) is 0 Å². The minimum Gasteiger partial charge on any atom is -0.462 e. The first-order chi connectivity index (χ1) is 41.0. The van der Waals surface area contributed by atoms with E-state index in [2.05, 4.69) is 179 Å². The number of unbranched alkanes of at least 4 members (excludes halogenated alkanes) is 23. The average Bonchev–Trinajstić information content (AvgIpc) is 3.49. The van der Waals surface area contributed by atoms with Crippen LogP contribution in [-0.2, 0) is 28.6 Å². The maximum atomic E-state index is 12.9. The molecule has 0 amide bonds. The highest BCUT2D eigenvalue weighted by molar-refractivity contribution is 5.71. The van der Waals surface area contributed by atoms with Gasteiger partial charge in [-0.1, -0.05) is 281 Å². The first-order valence-corrected chi connectivity index (χ1v) is 34.0. The first-order valence-electron chi connectivity index (χ1n) is 34.0. The number of rotatable bonds is 60. The molecule has 0 aromatic rings. The molecular formula is C77H124O6. The Kier molecular flexibility index (Phi) is 65.4. The predicted molar refractivity (Wildman–Crippen MR) is 362 cm³/mol. The third-order valence-corrected chi connectivity index (χ3v) is 14.0. The summed E-state index contributed by atoms with van der Waals surface area (Å²) in [5.74, 6) is -0.927. The summed E-state index contributed by atoms with van der Waals surface area (Å²) in [5, 5.41) is 0. The van der Waals surface area contributed by atoms with Crippen molar-refractivity contribution in [3.63, 3.8) is 0 Å². The molecule has 0 heterocycles. The highest BCUT2D eigenvalue weighted by atomic mass is 16.6. The van der Waals surface area contributed by atoms with Gasteiger partial charge in [-0.15, -0.1) is 0 Å². The van der Waals surface area contributed by atoms with Gasteiger partial charge in [-0.05, 0) is 148 Å². The van der Waals surface area contributed by atoms with Gasteiger partial charge < -0.3 is 14.2 Å². The maximum Gasteiger partial charge on any atom is 0.306 e. The van der Waals surface area contributed by atoms with Gasteiger partial charge in [0.15, 0.2) is 6.10 Å². The highest BCUT2D eigenvalue weighted by Gasteiger charge is 2.19. The van der Waals surface area contributed by atoms with E-state index in [4.69, 9.17) is 14.2 Å². The van der Waals surface area contributed by atoms with E-state index in [1.54, 1.807) is 0 Å². The molecule has 0 saturated carbocycles. The van der Waals surface area contributed by atoms with E-state index in [9.17, 15) is 14.4 Å². The van der Waals surface area contributed by atoms with E-state index in [-0.39, 0.29) is 31.1 Å². The molecule has 0 aromatic carbocycles. The van der Waals surface area contributed by atoms with E-state index in [0.29, 0.717) is 19.3 Å². The monoisotopic (exact) mass is 1140 g/mol. The summed E-state index contributed by atoms with van der Waals surface area (Å²) in [4.78, 5) is 38.4. The molecule has 0 aliphatic carbocycles. The van der Waals surface area contributed by atoms with E-state index >= 15 is 0 Å². The van der Waals surface area contributed by atoms with Crippen LogP contribution in [0.15, 0.2) is 158 Å². The van der Waals surface area contributed by atoms with E-state index in [1.165, 1.54) is 83.5 Å². The van der Waals surface area contributed by atoms with Crippen molar-refractivity contribution in [2.24, 2.45) is 0 Å². The van der Waals surface area contributed by atoms with E-state index in [0.717, 1.165) is 167 Å². The van der Waals surface area contributed by atoms with Crippen molar-refractivity contribution in [1.29, 1.82) is 0 Å². The zero-order valence-electron chi connectivity index (χ0n) is 53.7. The van der Waals surface area contributed by atoms with Crippen LogP contribution in [0.25, 0.3) is 0 Å². The Morgan fingerprint density at radius 2 is 0.470 bits per heavy atom. The smallest absolute Gasteiger partial charge is 0.306 e. The zero-order chi connectivity index (χ0) is 59.9.